The van der Waals surface area contributed by atoms with E-state index < -0.39 is 0 Å². The number of rotatable bonds is 4. The molecule has 3 aromatic heterocycles. The molecule has 0 saturated carbocycles. The van der Waals surface area contributed by atoms with E-state index in [1.807, 2.05) is 23.6 Å². The second kappa shape index (κ2) is 5.49. The smallest absolute Gasteiger partial charge is 0.188 e. The second-order valence-corrected chi connectivity index (χ2v) is 4.68. The van der Waals surface area contributed by atoms with Crippen LogP contribution in [0.5, 0.6) is 0 Å². The minimum absolute atomic E-state index is 0.411. The standard InChI is InChI=1S/C12H11N7S/c13-9-10(18-8-3-1-2-4-14-8)16-7-17-11(9)19-12-15-5-6-20-12/h1-7H,13H2,(H2,14,15,16,17,18,19). The number of aromatic nitrogens is 4. The maximum atomic E-state index is 6.05. The summed E-state index contributed by atoms with van der Waals surface area (Å²) in [4.78, 5) is 16.5. The molecule has 0 radical (unpaired) electrons. The Morgan fingerprint density at radius 1 is 0.950 bits per heavy atom. The van der Waals surface area contributed by atoms with Crippen molar-refractivity contribution in [3.8, 4) is 0 Å². The van der Waals surface area contributed by atoms with E-state index in [-0.39, 0.29) is 0 Å². The normalized spacial score (nSPS) is 10.2. The van der Waals surface area contributed by atoms with Gasteiger partial charge >= 0.3 is 0 Å². The molecule has 0 amide bonds. The molecular formula is C12H11N7S. The summed E-state index contributed by atoms with van der Waals surface area (Å²) < 4.78 is 0. The van der Waals surface area contributed by atoms with Crippen molar-refractivity contribution >= 4 is 39.6 Å². The van der Waals surface area contributed by atoms with Crippen LogP contribution in [0.1, 0.15) is 0 Å². The van der Waals surface area contributed by atoms with Crippen LogP contribution in [-0.2, 0) is 0 Å². The summed E-state index contributed by atoms with van der Waals surface area (Å²) >= 11 is 1.47. The fourth-order valence-corrected chi connectivity index (χ4v) is 2.07. The van der Waals surface area contributed by atoms with Crippen molar-refractivity contribution in [1.29, 1.82) is 0 Å². The SMILES string of the molecule is Nc1c(Nc2ccccn2)ncnc1Nc1nccs1. The van der Waals surface area contributed by atoms with Gasteiger partial charge in [0, 0.05) is 17.8 Å². The average Bonchev–Trinajstić information content (AvgIpc) is 2.97. The van der Waals surface area contributed by atoms with E-state index in [1.165, 1.54) is 17.7 Å². The fraction of sp³-hybridized carbons (Fsp3) is 0. The average molecular weight is 285 g/mol. The number of anilines is 5. The third-order valence-electron chi connectivity index (χ3n) is 2.45. The molecule has 0 unspecified atom stereocenters. The van der Waals surface area contributed by atoms with Gasteiger partial charge in [0.15, 0.2) is 16.8 Å². The second-order valence-electron chi connectivity index (χ2n) is 3.79. The quantitative estimate of drug-likeness (QED) is 0.676. The summed E-state index contributed by atoms with van der Waals surface area (Å²) in [7, 11) is 0. The molecule has 0 spiro atoms. The van der Waals surface area contributed by atoms with Crippen LogP contribution in [-0.4, -0.2) is 19.9 Å². The lowest BCUT2D eigenvalue weighted by Crippen LogP contribution is -2.05. The Kier molecular flexibility index (Phi) is 3.38. The molecule has 0 fully saturated rings. The van der Waals surface area contributed by atoms with Gasteiger partial charge in [0.2, 0.25) is 0 Å². The maximum Gasteiger partial charge on any atom is 0.188 e. The minimum Gasteiger partial charge on any atom is -0.393 e. The van der Waals surface area contributed by atoms with Crippen LogP contribution in [0.3, 0.4) is 0 Å². The van der Waals surface area contributed by atoms with Gasteiger partial charge < -0.3 is 16.4 Å². The lowest BCUT2D eigenvalue weighted by atomic mass is 10.4. The highest BCUT2D eigenvalue weighted by atomic mass is 32.1. The van der Waals surface area contributed by atoms with Gasteiger partial charge in [-0.25, -0.2) is 19.9 Å². The number of nitrogens with zero attached hydrogens (tertiary/aromatic N) is 4. The van der Waals surface area contributed by atoms with Gasteiger partial charge in [-0.3, -0.25) is 0 Å². The summed E-state index contributed by atoms with van der Waals surface area (Å²) in [5, 5.41) is 8.69. The first kappa shape index (κ1) is 12.3. The highest BCUT2D eigenvalue weighted by molar-refractivity contribution is 7.13. The van der Waals surface area contributed by atoms with E-state index >= 15 is 0 Å². The molecule has 3 aromatic rings. The molecule has 0 aromatic carbocycles. The molecule has 7 nitrogen and oxygen atoms in total. The zero-order chi connectivity index (χ0) is 13.8. The molecular weight excluding hydrogens is 274 g/mol. The predicted octanol–water partition coefficient (Wildman–Crippen LogP) is 2.40. The maximum absolute atomic E-state index is 6.05. The highest BCUT2D eigenvalue weighted by Crippen LogP contribution is 2.27. The Balaban J connectivity index is 1.85. The molecule has 100 valence electrons. The van der Waals surface area contributed by atoms with Crippen LogP contribution >= 0.6 is 11.3 Å². The van der Waals surface area contributed by atoms with Crippen molar-refractivity contribution in [3.63, 3.8) is 0 Å². The lowest BCUT2D eigenvalue weighted by molar-refractivity contribution is 1.16. The summed E-state index contributed by atoms with van der Waals surface area (Å²) in [6.45, 7) is 0. The molecule has 3 rings (SSSR count). The zero-order valence-electron chi connectivity index (χ0n) is 10.3. The van der Waals surface area contributed by atoms with Crippen molar-refractivity contribution in [2.75, 3.05) is 16.4 Å². The topological polar surface area (TPSA) is 102 Å². The summed E-state index contributed by atoms with van der Waals surface area (Å²) in [6, 6.07) is 5.54. The number of hydrogen-bond donors (Lipinski definition) is 3. The van der Waals surface area contributed by atoms with Crippen LogP contribution in [0, 0.1) is 0 Å². The zero-order valence-corrected chi connectivity index (χ0v) is 11.1. The Morgan fingerprint density at radius 2 is 1.80 bits per heavy atom. The van der Waals surface area contributed by atoms with E-state index in [0.29, 0.717) is 23.1 Å². The lowest BCUT2D eigenvalue weighted by Gasteiger charge is -2.10. The van der Waals surface area contributed by atoms with Gasteiger partial charge in [-0.2, -0.15) is 0 Å². The molecule has 0 atom stereocenters. The number of hydrogen-bond acceptors (Lipinski definition) is 8. The molecule has 0 bridgehead atoms. The molecule has 0 aliphatic carbocycles. The summed E-state index contributed by atoms with van der Waals surface area (Å²) in [5.74, 6) is 1.67. The Bertz CT molecular complexity index is 684. The Morgan fingerprint density at radius 3 is 2.50 bits per heavy atom. The molecule has 0 aliphatic heterocycles. The molecule has 8 heteroatoms. The van der Waals surface area contributed by atoms with Gasteiger partial charge in [0.1, 0.15) is 17.8 Å². The molecule has 20 heavy (non-hydrogen) atoms. The largest absolute Gasteiger partial charge is 0.393 e. The molecule has 3 heterocycles. The Hall–Kier alpha value is -2.74. The van der Waals surface area contributed by atoms with Gasteiger partial charge in [0.05, 0.1) is 0 Å². The first-order chi connectivity index (χ1) is 9.83. The van der Waals surface area contributed by atoms with Gasteiger partial charge in [0.25, 0.3) is 0 Å². The predicted molar refractivity (Wildman–Crippen MR) is 79.4 cm³/mol. The van der Waals surface area contributed by atoms with Gasteiger partial charge in [-0.15, -0.1) is 11.3 Å². The number of nitrogen functional groups attached to an aromatic ring is 1. The van der Waals surface area contributed by atoms with E-state index in [1.54, 1.807) is 12.4 Å². The van der Waals surface area contributed by atoms with Gasteiger partial charge in [-0.05, 0) is 12.1 Å². The third-order valence-corrected chi connectivity index (χ3v) is 3.14. The van der Waals surface area contributed by atoms with Crippen molar-refractivity contribution in [2.24, 2.45) is 0 Å². The van der Waals surface area contributed by atoms with Crippen molar-refractivity contribution in [3.05, 3.63) is 42.3 Å². The monoisotopic (exact) mass is 285 g/mol. The summed E-state index contributed by atoms with van der Waals surface area (Å²) in [6.07, 6.45) is 4.82. The first-order valence-electron chi connectivity index (χ1n) is 5.78. The van der Waals surface area contributed by atoms with Crippen LogP contribution in [0.2, 0.25) is 0 Å². The van der Waals surface area contributed by atoms with E-state index in [0.717, 1.165) is 5.13 Å². The van der Waals surface area contributed by atoms with Crippen LogP contribution in [0.25, 0.3) is 0 Å². The third kappa shape index (κ3) is 2.64. The first-order valence-corrected chi connectivity index (χ1v) is 6.66. The fourth-order valence-electron chi connectivity index (χ4n) is 1.54. The number of pyridine rings is 1. The number of nitrogens with one attached hydrogen (secondary N) is 2. The molecule has 0 aliphatic rings. The number of thiazole rings is 1. The van der Waals surface area contributed by atoms with Crippen molar-refractivity contribution < 1.29 is 0 Å². The van der Waals surface area contributed by atoms with Crippen molar-refractivity contribution in [1.82, 2.24) is 19.9 Å². The highest BCUT2D eigenvalue weighted by Gasteiger charge is 2.09. The van der Waals surface area contributed by atoms with E-state index in [4.69, 9.17) is 5.73 Å². The minimum atomic E-state index is 0.411. The van der Waals surface area contributed by atoms with E-state index in [9.17, 15) is 0 Å². The van der Waals surface area contributed by atoms with Gasteiger partial charge in [-0.1, -0.05) is 6.07 Å². The van der Waals surface area contributed by atoms with Crippen LogP contribution in [0.15, 0.2) is 42.3 Å². The summed E-state index contributed by atoms with van der Waals surface area (Å²) in [5.41, 5.74) is 6.46. The van der Waals surface area contributed by atoms with E-state index in [2.05, 4.69) is 30.6 Å². The Labute approximate surface area is 119 Å². The van der Waals surface area contributed by atoms with Crippen molar-refractivity contribution in [2.45, 2.75) is 0 Å². The molecule has 4 N–H and O–H groups in total. The molecule has 0 saturated heterocycles. The van der Waals surface area contributed by atoms with Crippen LogP contribution in [0.4, 0.5) is 28.3 Å². The van der Waals surface area contributed by atoms with Crippen LogP contribution < -0.4 is 16.4 Å². The number of nitrogens with two attached hydrogens (primary N) is 1.